The van der Waals surface area contributed by atoms with Gasteiger partial charge in [-0.05, 0) is 30.7 Å². The van der Waals surface area contributed by atoms with Crippen molar-refractivity contribution < 1.29 is 13.5 Å². The molecule has 0 spiro atoms. The van der Waals surface area contributed by atoms with Crippen LogP contribution in [-0.4, -0.2) is 35.2 Å². The number of likely N-dealkylation sites (N-methyl/N-ethyl adjacent to an activating group) is 1. The number of aromatic nitrogens is 3. The normalized spacial score (nSPS) is 15.3. The minimum atomic E-state index is -0.954. The number of ether oxygens (including phenoxy) is 1. The van der Waals surface area contributed by atoms with Gasteiger partial charge < -0.3 is 15.0 Å². The van der Waals surface area contributed by atoms with Crippen LogP contribution >= 0.6 is 0 Å². The van der Waals surface area contributed by atoms with Crippen molar-refractivity contribution in [1.82, 2.24) is 14.5 Å². The number of nitrogens with one attached hydrogen (secondary N) is 1. The summed E-state index contributed by atoms with van der Waals surface area (Å²) in [5.41, 5.74) is 1.05. The van der Waals surface area contributed by atoms with Crippen LogP contribution in [0.4, 0.5) is 26.2 Å². The van der Waals surface area contributed by atoms with E-state index in [1.807, 2.05) is 0 Å². The van der Waals surface area contributed by atoms with E-state index in [0.29, 0.717) is 23.8 Å². The molecule has 7 nitrogen and oxygen atoms in total. The fraction of sp³-hybridized carbons (Fsp3) is 0.250. The molecular weight excluding hydrogens is 380 g/mol. The van der Waals surface area contributed by atoms with Gasteiger partial charge in [0.05, 0.1) is 24.5 Å². The highest BCUT2D eigenvalue weighted by atomic mass is 19.1. The number of fused-ring (bicyclic) bond motifs is 1. The van der Waals surface area contributed by atoms with E-state index < -0.39 is 11.4 Å². The first-order chi connectivity index (χ1) is 13.9. The lowest BCUT2D eigenvalue weighted by Crippen LogP contribution is -2.23. The molecule has 0 amide bonds. The predicted molar refractivity (Wildman–Crippen MR) is 105 cm³/mol. The highest BCUT2D eigenvalue weighted by Gasteiger charge is 2.34. The molecule has 1 unspecified atom stereocenters. The van der Waals surface area contributed by atoms with Crippen LogP contribution in [0, 0.1) is 18.6 Å². The Bertz CT molecular complexity index is 1130. The molecule has 0 saturated carbocycles. The first-order valence-electron chi connectivity index (χ1n) is 8.96. The molecule has 0 fully saturated rings. The van der Waals surface area contributed by atoms with Crippen molar-refractivity contribution in [3.8, 4) is 5.88 Å². The Kier molecular flexibility index (Phi) is 4.65. The van der Waals surface area contributed by atoms with Crippen LogP contribution in [0.5, 0.6) is 5.88 Å². The maximum atomic E-state index is 14.6. The molecular formula is C20H19F2N5O2. The van der Waals surface area contributed by atoms with E-state index >= 15 is 0 Å². The third kappa shape index (κ3) is 3.28. The summed E-state index contributed by atoms with van der Waals surface area (Å²) in [5, 5.41) is 3.09. The number of anilines is 3. The van der Waals surface area contributed by atoms with Crippen molar-refractivity contribution in [2.24, 2.45) is 0 Å². The van der Waals surface area contributed by atoms with Crippen molar-refractivity contribution in [2.75, 3.05) is 30.9 Å². The van der Waals surface area contributed by atoms with Crippen molar-refractivity contribution in [1.29, 1.82) is 0 Å². The summed E-state index contributed by atoms with van der Waals surface area (Å²) in [6.07, 6.45) is 0. The second-order valence-electron chi connectivity index (χ2n) is 6.81. The van der Waals surface area contributed by atoms with Crippen molar-refractivity contribution in [3.63, 3.8) is 0 Å². The Morgan fingerprint density at radius 1 is 1.14 bits per heavy atom. The van der Waals surface area contributed by atoms with Gasteiger partial charge in [0.2, 0.25) is 17.6 Å². The maximum Gasteiger partial charge on any atom is 0.312 e. The molecule has 3 aromatic rings. The maximum absolute atomic E-state index is 14.6. The molecule has 0 aliphatic carbocycles. The van der Waals surface area contributed by atoms with E-state index in [0.717, 1.165) is 5.56 Å². The van der Waals surface area contributed by atoms with Crippen LogP contribution in [-0.2, 0) is 0 Å². The average Bonchev–Trinajstić information content (AvgIpc) is 3.05. The van der Waals surface area contributed by atoms with Crippen molar-refractivity contribution >= 4 is 17.5 Å². The molecule has 0 saturated heterocycles. The summed E-state index contributed by atoms with van der Waals surface area (Å²) < 4.78 is 34.8. The first kappa shape index (κ1) is 18.9. The fourth-order valence-corrected chi connectivity index (χ4v) is 3.51. The number of rotatable bonds is 4. The summed E-state index contributed by atoms with van der Waals surface area (Å²) in [7, 11) is 3.22. The minimum Gasteiger partial charge on any atom is -0.481 e. The SMILES string of the molecule is COc1ccc(Nc2nc(=O)c(F)c3n2C(c2ccc(F)cc2)CN3C)c(C)n1. The molecule has 4 rings (SSSR count). The van der Waals surface area contributed by atoms with Gasteiger partial charge in [-0.3, -0.25) is 9.36 Å². The smallest absolute Gasteiger partial charge is 0.312 e. The second-order valence-corrected chi connectivity index (χ2v) is 6.81. The zero-order valence-corrected chi connectivity index (χ0v) is 16.1. The molecule has 1 N–H and O–H groups in total. The van der Waals surface area contributed by atoms with Gasteiger partial charge >= 0.3 is 5.56 Å². The Balaban J connectivity index is 1.84. The summed E-state index contributed by atoms with van der Waals surface area (Å²) in [6.45, 7) is 2.18. The van der Waals surface area contributed by atoms with Crippen LogP contribution < -0.4 is 20.5 Å². The van der Waals surface area contributed by atoms with Crippen molar-refractivity contribution in [3.05, 3.63) is 69.6 Å². The van der Waals surface area contributed by atoms with E-state index in [-0.39, 0.29) is 23.6 Å². The number of benzene rings is 1. The molecule has 1 atom stereocenters. The monoisotopic (exact) mass is 399 g/mol. The van der Waals surface area contributed by atoms with Crippen molar-refractivity contribution in [2.45, 2.75) is 13.0 Å². The third-order valence-electron chi connectivity index (χ3n) is 4.94. The van der Waals surface area contributed by atoms with Gasteiger partial charge in [-0.1, -0.05) is 12.1 Å². The molecule has 1 aliphatic heterocycles. The Morgan fingerprint density at radius 3 is 2.52 bits per heavy atom. The average molecular weight is 399 g/mol. The first-order valence-corrected chi connectivity index (χ1v) is 8.96. The zero-order valence-electron chi connectivity index (χ0n) is 16.1. The van der Waals surface area contributed by atoms with Crippen LogP contribution in [0.1, 0.15) is 17.3 Å². The Labute approximate surface area is 165 Å². The quantitative estimate of drug-likeness (QED) is 0.727. The highest BCUT2D eigenvalue weighted by Crippen LogP contribution is 2.37. The van der Waals surface area contributed by atoms with Gasteiger partial charge in [-0.2, -0.15) is 9.37 Å². The predicted octanol–water partition coefficient (Wildman–Crippen LogP) is 3.02. The van der Waals surface area contributed by atoms with Gasteiger partial charge in [0.25, 0.3) is 0 Å². The summed E-state index contributed by atoms with van der Waals surface area (Å²) in [5.74, 6) is -0.525. The van der Waals surface area contributed by atoms with Gasteiger partial charge in [0, 0.05) is 19.7 Å². The van der Waals surface area contributed by atoms with Crippen LogP contribution in [0.15, 0.2) is 41.2 Å². The number of methoxy groups -OCH3 is 1. The lowest BCUT2D eigenvalue weighted by molar-refractivity contribution is 0.397. The molecule has 3 heterocycles. The largest absolute Gasteiger partial charge is 0.481 e. The van der Waals surface area contributed by atoms with Crippen LogP contribution in [0.2, 0.25) is 0 Å². The van der Waals surface area contributed by atoms with Crippen LogP contribution in [0.25, 0.3) is 0 Å². The Morgan fingerprint density at radius 2 is 1.86 bits per heavy atom. The van der Waals surface area contributed by atoms with Gasteiger partial charge in [0.15, 0.2) is 5.82 Å². The van der Waals surface area contributed by atoms with E-state index in [1.165, 1.54) is 19.2 Å². The molecule has 29 heavy (non-hydrogen) atoms. The number of hydrogen-bond acceptors (Lipinski definition) is 6. The molecule has 0 bridgehead atoms. The Hall–Kier alpha value is -3.49. The highest BCUT2D eigenvalue weighted by molar-refractivity contribution is 5.61. The van der Waals surface area contributed by atoms with Crippen LogP contribution in [0.3, 0.4) is 0 Å². The summed E-state index contributed by atoms with van der Waals surface area (Å²) >= 11 is 0. The topological polar surface area (TPSA) is 72.3 Å². The number of nitrogens with zero attached hydrogens (tertiary/aromatic N) is 4. The van der Waals surface area contributed by atoms with Gasteiger partial charge in [0.1, 0.15) is 5.82 Å². The molecule has 9 heteroatoms. The zero-order chi connectivity index (χ0) is 20.7. The lowest BCUT2D eigenvalue weighted by Gasteiger charge is -2.19. The molecule has 0 radical (unpaired) electrons. The number of aryl methyl sites for hydroxylation is 1. The second kappa shape index (κ2) is 7.16. The standard InChI is InChI=1S/C20H19F2N5O2/c1-11-14(8-9-16(23-11)29-3)24-20-25-18(28)17(22)19-26(2)10-15(27(19)20)12-4-6-13(21)7-5-12/h4-9,15H,10H2,1-3H3,(H,24,25,28). The molecule has 1 aromatic carbocycles. The lowest BCUT2D eigenvalue weighted by atomic mass is 10.1. The van der Waals surface area contributed by atoms with E-state index in [2.05, 4.69) is 15.3 Å². The summed E-state index contributed by atoms with van der Waals surface area (Å²) in [6, 6.07) is 9.05. The number of pyridine rings is 1. The number of halogens is 2. The van der Waals surface area contributed by atoms with E-state index in [1.54, 1.807) is 47.7 Å². The fourth-order valence-electron chi connectivity index (χ4n) is 3.51. The van der Waals surface area contributed by atoms with E-state index in [9.17, 15) is 13.6 Å². The molecule has 150 valence electrons. The summed E-state index contributed by atoms with van der Waals surface area (Å²) in [4.78, 5) is 22.0. The minimum absolute atomic E-state index is 0.126. The van der Waals surface area contributed by atoms with Gasteiger partial charge in [-0.15, -0.1) is 0 Å². The van der Waals surface area contributed by atoms with Gasteiger partial charge in [-0.25, -0.2) is 9.37 Å². The van der Waals surface area contributed by atoms with E-state index in [4.69, 9.17) is 4.74 Å². The number of hydrogen-bond donors (Lipinski definition) is 1. The molecule has 1 aliphatic rings. The third-order valence-corrected chi connectivity index (χ3v) is 4.94. The molecule has 2 aromatic heterocycles.